The summed E-state index contributed by atoms with van der Waals surface area (Å²) in [7, 11) is 0. The van der Waals surface area contributed by atoms with Crippen LogP contribution in [-0.4, -0.2) is 16.6 Å². The Balaban J connectivity index is 1.79. The Hall–Kier alpha value is -2.47. The van der Waals surface area contributed by atoms with Gasteiger partial charge >= 0.3 is 0 Å². The average molecular weight is 422 g/mol. The fourth-order valence-corrected chi connectivity index (χ4v) is 3.81. The third-order valence-electron chi connectivity index (χ3n) is 3.35. The number of anilines is 1. The maximum Gasteiger partial charge on any atom is 0.288 e. The zero-order valence-corrected chi connectivity index (χ0v) is 15.8. The Bertz CT molecular complexity index is 1060. The van der Waals surface area contributed by atoms with Gasteiger partial charge in [0.25, 0.3) is 11.7 Å². The highest BCUT2D eigenvalue weighted by molar-refractivity contribution is 7.99. The maximum absolute atomic E-state index is 12.5. The molecule has 1 N–H and O–H groups in total. The molecule has 136 valence electrons. The molecule has 1 aromatic heterocycles. The minimum absolute atomic E-state index is 0.0921. The van der Waals surface area contributed by atoms with E-state index in [-0.39, 0.29) is 10.7 Å². The molecule has 0 atom stereocenters. The molecule has 2 aromatic carbocycles. The fourth-order valence-electron chi connectivity index (χ4n) is 2.17. The standard InChI is InChI=1S/C18H10ClF2N3OS2/c19-12-3-1-10(2-4-12)7-11(9-22)16(25)24-18-23-14-6-5-13(26-17(20)21)8-15(14)27-18/h1-8,17H,(H,23,24,25)/b11-7+. The van der Waals surface area contributed by atoms with E-state index >= 15 is 0 Å². The number of amides is 1. The van der Waals surface area contributed by atoms with Crippen molar-refractivity contribution >= 4 is 62.0 Å². The van der Waals surface area contributed by atoms with Crippen molar-refractivity contribution in [1.29, 1.82) is 5.26 Å². The van der Waals surface area contributed by atoms with Gasteiger partial charge in [-0.25, -0.2) is 4.98 Å². The van der Waals surface area contributed by atoms with E-state index in [0.717, 1.165) is 11.3 Å². The van der Waals surface area contributed by atoms with Crippen LogP contribution in [0.5, 0.6) is 0 Å². The van der Waals surface area contributed by atoms with Crippen molar-refractivity contribution in [2.75, 3.05) is 5.32 Å². The number of fused-ring (bicyclic) bond motifs is 1. The summed E-state index contributed by atoms with van der Waals surface area (Å²) in [4.78, 5) is 17.0. The van der Waals surface area contributed by atoms with E-state index in [1.54, 1.807) is 42.5 Å². The molecular weight excluding hydrogens is 412 g/mol. The van der Waals surface area contributed by atoms with E-state index in [1.165, 1.54) is 6.08 Å². The number of halogens is 3. The number of thiazole rings is 1. The smallest absolute Gasteiger partial charge is 0.288 e. The van der Waals surface area contributed by atoms with Crippen LogP contribution in [-0.2, 0) is 4.79 Å². The number of thioether (sulfide) groups is 1. The van der Waals surface area contributed by atoms with Crippen LogP contribution < -0.4 is 5.32 Å². The zero-order valence-electron chi connectivity index (χ0n) is 13.4. The van der Waals surface area contributed by atoms with Crippen molar-refractivity contribution in [3.8, 4) is 6.07 Å². The van der Waals surface area contributed by atoms with Gasteiger partial charge in [-0.15, -0.1) is 0 Å². The summed E-state index contributed by atoms with van der Waals surface area (Å²) in [5.41, 5.74) is 1.14. The van der Waals surface area contributed by atoms with Gasteiger partial charge in [-0.05, 0) is 42.0 Å². The molecule has 9 heteroatoms. The minimum atomic E-state index is -2.51. The van der Waals surface area contributed by atoms with Gasteiger partial charge in [-0.2, -0.15) is 14.0 Å². The second kappa shape index (κ2) is 8.48. The van der Waals surface area contributed by atoms with Gasteiger partial charge in [-0.1, -0.05) is 46.8 Å². The molecule has 4 nitrogen and oxygen atoms in total. The highest BCUT2D eigenvalue weighted by Crippen LogP contribution is 2.32. The molecule has 1 heterocycles. The molecule has 0 radical (unpaired) electrons. The second-order valence-electron chi connectivity index (χ2n) is 5.20. The number of hydrogen-bond donors (Lipinski definition) is 1. The third-order valence-corrected chi connectivity index (χ3v) is 5.24. The number of carbonyl (C=O) groups excluding carboxylic acids is 1. The summed E-state index contributed by atoms with van der Waals surface area (Å²) in [5, 5.41) is 12.7. The largest absolute Gasteiger partial charge is 0.297 e. The number of alkyl halides is 2. The van der Waals surface area contributed by atoms with Crippen molar-refractivity contribution in [1.82, 2.24) is 4.98 Å². The number of aromatic nitrogens is 1. The molecule has 0 unspecified atom stereocenters. The minimum Gasteiger partial charge on any atom is -0.297 e. The molecule has 0 saturated heterocycles. The maximum atomic E-state index is 12.5. The second-order valence-corrected chi connectivity index (χ2v) is 7.73. The lowest BCUT2D eigenvalue weighted by Gasteiger charge is -2.00. The van der Waals surface area contributed by atoms with Gasteiger partial charge < -0.3 is 0 Å². The third kappa shape index (κ3) is 5.04. The van der Waals surface area contributed by atoms with Crippen LogP contribution in [0.4, 0.5) is 13.9 Å². The van der Waals surface area contributed by atoms with Crippen molar-refractivity contribution in [2.45, 2.75) is 10.7 Å². The first-order chi connectivity index (χ1) is 12.9. The van der Waals surface area contributed by atoms with Crippen LogP contribution in [0.2, 0.25) is 5.02 Å². The predicted octanol–water partition coefficient (Wildman–Crippen LogP) is 5.81. The van der Waals surface area contributed by atoms with Gasteiger partial charge in [0.15, 0.2) is 5.13 Å². The number of nitriles is 1. The molecule has 0 bridgehead atoms. The van der Waals surface area contributed by atoms with E-state index in [1.807, 2.05) is 6.07 Å². The van der Waals surface area contributed by atoms with Gasteiger partial charge in [0.05, 0.1) is 10.2 Å². The molecule has 0 fully saturated rings. The summed E-state index contributed by atoms with van der Waals surface area (Å²) in [6.07, 6.45) is 1.44. The fraction of sp³-hybridized carbons (Fsp3) is 0.0556. The van der Waals surface area contributed by atoms with Crippen molar-refractivity contribution in [3.63, 3.8) is 0 Å². The van der Waals surface area contributed by atoms with E-state index in [9.17, 15) is 18.8 Å². The van der Waals surface area contributed by atoms with E-state index in [4.69, 9.17) is 11.6 Å². The molecule has 0 saturated carbocycles. The Morgan fingerprint density at radius 2 is 2.04 bits per heavy atom. The van der Waals surface area contributed by atoms with Gasteiger partial charge in [0, 0.05) is 9.92 Å². The average Bonchev–Trinajstić information content (AvgIpc) is 3.02. The highest BCUT2D eigenvalue weighted by Gasteiger charge is 2.14. The highest BCUT2D eigenvalue weighted by atomic mass is 35.5. The number of nitrogens with zero attached hydrogens (tertiary/aromatic N) is 2. The lowest BCUT2D eigenvalue weighted by molar-refractivity contribution is -0.112. The first-order valence-corrected chi connectivity index (χ1v) is 9.56. The summed E-state index contributed by atoms with van der Waals surface area (Å²) in [6, 6.07) is 13.3. The number of hydrogen-bond acceptors (Lipinski definition) is 5. The molecule has 1 amide bonds. The summed E-state index contributed by atoms with van der Waals surface area (Å²) in [6.45, 7) is 0. The SMILES string of the molecule is N#C/C(=C\c1ccc(Cl)cc1)C(=O)Nc1nc2ccc(SC(F)F)cc2s1. The molecular formula is C18H10ClF2N3OS2. The van der Waals surface area contributed by atoms with E-state index in [0.29, 0.717) is 37.5 Å². The Morgan fingerprint density at radius 3 is 2.70 bits per heavy atom. The van der Waals surface area contributed by atoms with Crippen molar-refractivity contribution in [2.24, 2.45) is 0 Å². The lowest BCUT2D eigenvalue weighted by atomic mass is 10.1. The van der Waals surface area contributed by atoms with Gasteiger partial charge in [-0.3, -0.25) is 10.1 Å². The summed E-state index contributed by atoms with van der Waals surface area (Å²) >= 11 is 7.41. The van der Waals surface area contributed by atoms with E-state index in [2.05, 4.69) is 10.3 Å². The summed E-state index contributed by atoms with van der Waals surface area (Å²) in [5.74, 6) is -3.11. The number of nitrogens with one attached hydrogen (secondary N) is 1. The predicted molar refractivity (Wildman–Crippen MR) is 105 cm³/mol. The summed E-state index contributed by atoms with van der Waals surface area (Å²) < 4.78 is 25.6. The Kier molecular flexibility index (Phi) is 6.06. The monoisotopic (exact) mass is 421 g/mol. The van der Waals surface area contributed by atoms with Crippen LogP contribution in [0.1, 0.15) is 5.56 Å². The Morgan fingerprint density at radius 1 is 1.30 bits per heavy atom. The normalized spacial score (nSPS) is 11.6. The van der Waals surface area contributed by atoms with Crippen LogP contribution in [0, 0.1) is 11.3 Å². The first kappa shape index (κ1) is 19.3. The molecule has 0 aliphatic rings. The van der Waals surface area contributed by atoms with Crippen LogP contribution >= 0.6 is 34.7 Å². The van der Waals surface area contributed by atoms with Gasteiger partial charge in [0.2, 0.25) is 0 Å². The Labute approximate surface area is 166 Å². The molecule has 3 rings (SSSR count). The van der Waals surface area contributed by atoms with Gasteiger partial charge in [0.1, 0.15) is 11.6 Å². The molecule has 27 heavy (non-hydrogen) atoms. The quantitative estimate of drug-likeness (QED) is 0.320. The topological polar surface area (TPSA) is 65.8 Å². The molecule has 3 aromatic rings. The van der Waals surface area contributed by atoms with Crippen LogP contribution in [0.15, 0.2) is 52.9 Å². The number of benzene rings is 2. The van der Waals surface area contributed by atoms with Crippen LogP contribution in [0.25, 0.3) is 16.3 Å². The van der Waals surface area contributed by atoms with Crippen molar-refractivity contribution < 1.29 is 13.6 Å². The number of rotatable bonds is 5. The zero-order chi connectivity index (χ0) is 19.4. The first-order valence-electron chi connectivity index (χ1n) is 7.49. The van der Waals surface area contributed by atoms with Crippen molar-refractivity contribution in [3.05, 3.63) is 58.6 Å². The molecule has 0 aliphatic heterocycles. The number of carbonyl (C=O) groups is 1. The lowest BCUT2D eigenvalue weighted by Crippen LogP contribution is -2.13. The molecule has 0 aliphatic carbocycles. The van der Waals surface area contributed by atoms with Crippen LogP contribution in [0.3, 0.4) is 0 Å². The van der Waals surface area contributed by atoms with E-state index < -0.39 is 11.7 Å². The molecule has 0 spiro atoms.